The maximum atomic E-state index is 11.6. The summed E-state index contributed by atoms with van der Waals surface area (Å²) in [7, 11) is 0. The minimum atomic E-state index is -0.599. The first-order valence-corrected chi connectivity index (χ1v) is 5.37. The van der Waals surface area contributed by atoms with Gasteiger partial charge in [0.2, 0.25) is 0 Å². The van der Waals surface area contributed by atoms with Gasteiger partial charge in [-0.2, -0.15) is 4.98 Å². The van der Waals surface area contributed by atoms with Crippen LogP contribution in [0.25, 0.3) is 0 Å². The van der Waals surface area contributed by atoms with Gasteiger partial charge >= 0.3 is 5.69 Å². The fourth-order valence-electron chi connectivity index (χ4n) is 2.01. The van der Waals surface area contributed by atoms with Crippen molar-refractivity contribution in [3.63, 3.8) is 0 Å². The highest BCUT2D eigenvalue weighted by atomic mass is 16.5. The summed E-state index contributed by atoms with van der Waals surface area (Å²) in [6.07, 6.45) is 1.03. The number of ether oxygens (including phenoxy) is 1. The van der Waals surface area contributed by atoms with Gasteiger partial charge in [-0.1, -0.05) is 0 Å². The molecule has 3 atom stereocenters. The van der Waals surface area contributed by atoms with E-state index in [1.807, 2.05) is 0 Å². The van der Waals surface area contributed by atoms with Crippen LogP contribution in [0.1, 0.15) is 12.6 Å². The smallest absolute Gasteiger partial charge is 0.351 e. The van der Waals surface area contributed by atoms with E-state index in [4.69, 9.17) is 15.6 Å². The van der Waals surface area contributed by atoms with Crippen molar-refractivity contribution >= 4 is 5.82 Å². The number of aromatic nitrogens is 2. The van der Waals surface area contributed by atoms with Crippen molar-refractivity contribution in [1.29, 1.82) is 0 Å². The van der Waals surface area contributed by atoms with Gasteiger partial charge in [-0.25, -0.2) is 4.79 Å². The zero-order chi connectivity index (χ0) is 12.4. The fourth-order valence-corrected chi connectivity index (χ4v) is 2.01. The number of nitrogens with two attached hydrogens (primary N) is 1. The summed E-state index contributed by atoms with van der Waals surface area (Å²) in [5.41, 5.74) is 4.87. The Morgan fingerprint density at radius 2 is 2.29 bits per heavy atom. The summed E-state index contributed by atoms with van der Waals surface area (Å²) < 4.78 is 6.78. The molecule has 2 heterocycles. The molecular weight excluding hydrogens is 226 g/mol. The molecule has 0 amide bonds. The SMILES string of the molecule is Nc1ccn([C@@H]2O[C@H](CO)CC2CO)c(=O)n1. The minimum absolute atomic E-state index is 0.113. The van der Waals surface area contributed by atoms with Crippen molar-refractivity contribution in [2.75, 3.05) is 18.9 Å². The molecule has 1 fully saturated rings. The van der Waals surface area contributed by atoms with E-state index in [9.17, 15) is 9.90 Å². The molecule has 94 valence electrons. The molecule has 17 heavy (non-hydrogen) atoms. The van der Waals surface area contributed by atoms with E-state index < -0.39 is 11.9 Å². The topological polar surface area (TPSA) is 111 Å². The van der Waals surface area contributed by atoms with Crippen molar-refractivity contribution in [3.8, 4) is 0 Å². The van der Waals surface area contributed by atoms with Gasteiger partial charge in [0.25, 0.3) is 0 Å². The number of nitrogen functional groups attached to an aromatic ring is 1. The molecule has 4 N–H and O–H groups in total. The van der Waals surface area contributed by atoms with Crippen LogP contribution < -0.4 is 11.4 Å². The lowest BCUT2D eigenvalue weighted by atomic mass is 10.0. The maximum absolute atomic E-state index is 11.6. The number of rotatable bonds is 3. The van der Waals surface area contributed by atoms with Gasteiger partial charge in [0.1, 0.15) is 12.0 Å². The van der Waals surface area contributed by atoms with Crippen LogP contribution in [0.5, 0.6) is 0 Å². The summed E-state index contributed by atoms with van der Waals surface area (Å²) >= 11 is 0. The molecule has 7 nitrogen and oxygen atoms in total. The second-order valence-corrected chi connectivity index (χ2v) is 4.05. The van der Waals surface area contributed by atoms with Gasteiger partial charge in [-0.05, 0) is 12.5 Å². The van der Waals surface area contributed by atoms with E-state index in [0.717, 1.165) is 0 Å². The summed E-state index contributed by atoms with van der Waals surface area (Å²) in [6, 6.07) is 1.49. The normalized spacial score (nSPS) is 28.5. The van der Waals surface area contributed by atoms with Crippen molar-refractivity contribution in [2.45, 2.75) is 18.8 Å². The standard InChI is InChI=1S/C10H15N3O4/c11-8-1-2-13(10(16)12-8)9-6(4-14)3-7(5-15)17-9/h1-2,6-7,9,14-15H,3-5H2,(H2,11,12,16)/t6?,7-,9+/m0/s1. The van der Waals surface area contributed by atoms with Crippen LogP contribution in [0.3, 0.4) is 0 Å². The zero-order valence-corrected chi connectivity index (χ0v) is 9.19. The van der Waals surface area contributed by atoms with E-state index >= 15 is 0 Å². The maximum Gasteiger partial charge on any atom is 0.351 e. The lowest BCUT2D eigenvalue weighted by Crippen LogP contribution is -2.31. The zero-order valence-electron chi connectivity index (χ0n) is 9.19. The number of anilines is 1. The van der Waals surface area contributed by atoms with Gasteiger partial charge in [-0.15, -0.1) is 0 Å². The van der Waals surface area contributed by atoms with Crippen molar-refractivity contribution in [1.82, 2.24) is 9.55 Å². The van der Waals surface area contributed by atoms with Gasteiger partial charge in [0.15, 0.2) is 0 Å². The van der Waals surface area contributed by atoms with E-state index in [1.54, 1.807) is 0 Å². The Bertz CT molecular complexity index is 447. The van der Waals surface area contributed by atoms with E-state index in [-0.39, 0.29) is 31.1 Å². The molecule has 0 bridgehead atoms. The van der Waals surface area contributed by atoms with Crippen molar-refractivity contribution < 1.29 is 14.9 Å². The highest BCUT2D eigenvalue weighted by molar-refractivity contribution is 5.23. The summed E-state index contributed by atoms with van der Waals surface area (Å²) in [5.74, 6) is -0.0845. The molecule has 1 aliphatic heterocycles. The molecule has 1 aromatic rings. The molecule has 0 saturated carbocycles. The second kappa shape index (κ2) is 4.82. The van der Waals surface area contributed by atoms with E-state index in [0.29, 0.717) is 6.42 Å². The van der Waals surface area contributed by atoms with Gasteiger partial charge in [0, 0.05) is 12.1 Å². The highest BCUT2D eigenvalue weighted by Gasteiger charge is 2.36. The van der Waals surface area contributed by atoms with Crippen molar-refractivity contribution in [3.05, 3.63) is 22.7 Å². The van der Waals surface area contributed by atoms with Crippen LogP contribution in [0.2, 0.25) is 0 Å². The number of aliphatic hydroxyl groups excluding tert-OH is 2. The highest BCUT2D eigenvalue weighted by Crippen LogP contribution is 2.32. The predicted octanol–water partition coefficient (Wildman–Crippen LogP) is -1.29. The number of hydrogen-bond donors (Lipinski definition) is 3. The van der Waals surface area contributed by atoms with Crippen LogP contribution in [0.4, 0.5) is 5.82 Å². The average molecular weight is 241 g/mol. The summed E-state index contributed by atoms with van der Waals surface area (Å²) in [5, 5.41) is 18.3. The molecule has 0 aromatic carbocycles. The first kappa shape index (κ1) is 12.0. The van der Waals surface area contributed by atoms with Gasteiger partial charge in [0.05, 0.1) is 19.3 Å². The summed E-state index contributed by atoms with van der Waals surface area (Å²) in [6.45, 7) is -0.248. The summed E-state index contributed by atoms with van der Waals surface area (Å²) in [4.78, 5) is 15.2. The van der Waals surface area contributed by atoms with Crippen LogP contribution in [-0.2, 0) is 4.74 Å². The van der Waals surface area contributed by atoms with Crippen LogP contribution >= 0.6 is 0 Å². The lowest BCUT2D eigenvalue weighted by Gasteiger charge is -2.18. The average Bonchev–Trinajstić information content (AvgIpc) is 2.72. The van der Waals surface area contributed by atoms with Gasteiger partial charge in [-0.3, -0.25) is 4.57 Å². The monoisotopic (exact) mass is 241 g/mol. The third kappa shape index (κ3) is 2.31. The van der Waals surface area contributed by atoms with Crippen molar-refractivity contribution in [2.24, 2.45) is 5.92 Å². The Balaban J connectivity index is 2.29. The molecule has 1 saturated heterocycles. The van der Waals surface area contributed by atoms with Gasteiger partial charge < -0.3 is 20.7 Å². The Morgan fingerprint density at radius 1 is 1.53 bits per heavy atom. The lowest BCUT2D eigenvalue weighted by molar-refractivity contribution is -0.0406. The molecule has 2 rings (SSSR count). The van der Waals surface area contributed by atoms with E-state index in [1.165, 1.54) is 16.8 Å². The first-order valence-electron chi connectivity index (χ1n) is 5.37. The molecule has 1 aliphatic rings. The minimum Gasteiger partial charge on any atom is -0.396 e. The van der Waals surface area contributed by atoms with Crippen LogP contribution in [0.15, 0.2) is 17.1 Å². The van der Waals surface area contributed by atoms with E-state index in [2.05, 4.69) is 4.98 Å². The van der Waals surface area contributed by atoms with Crippen LogP contribution in [0, 0.1) is 5.92 Å². The largest absolute Gasteiger partial charge is 0.396 e. The third-order valence-electron chi connectivity index (χ3n) is 2.86. The molecular formula is C10H15N3O4. The molecule has 7 heteroatoms. The molecule has 1 unspecified atom stereocenters. The quantitative estimate of drug-likeness (QED) is 0.607. The molecule has 0 spiro atoms. The first-order chi connectivity index (χ1) is 8.15. The molecule has 1 aromatic heterocycles. The fraction of sp³-hybridized carbons (Fsp3) is 0.600. The Hall–Kier alpha value is -1.44. The molecule has 0 aliphatic carbocycles. The van der Waals surface area contributed by atoms with Crippen LogP contribution in [-0.4, -0.2) is 39.1 Å². The predicted molar refractivity (Wildman–Crippen MR) is 59.1 cm³/mol. The molecule has 0 radical (unpaired) electrons. The second-order valence-electron chi connectivity index (χ2n) is 4.05. The number of hydrogen-bond acceptors (Lipinski definition) is 6. The Morgan fingerprint density at radius 3 is 2.88 bits per heavy atom. The Labute approximate surface area is 97.5 Å². The number of nitrogens with zero attached hydrogens (tertiary/aromatic N) is 2. The Kier molecular flexibility index (Phi) is 3.41. The number of aliphatic hydroxyl groups is 2. The third-order valence-corrected chi connectivity index (χ3v) is 2.86.